The summed E-state index contributed by atoms with van der Waals surface area (Å²) >= 11 is 0. The summed E-state index contributed by atoms with van der Waals surface area (Å²) in [6, 6.07) is 20.6. The minimum Gasteiger partial charge on any atom is -0.389 e. The van der Waals surface area contributed by atoms with E-state index in [2.05, 4.69) is 4.90 Å². The minimum absolute atomic E-state index is 0.0114. The topological polar surface area (TPSA) is 32.7 Å². The van der Waals surface area contributed by atoms with Crippen LogP contribution in [0.4, 0.5) is 26.3 Å². The molecule has 0 spiro atoms. The van der Waals surface area contributed by atoms with Gasteiger partial charge in [-0.05, 0) is 54.7 Å². The van der Waals surface area contributed by atoms with E-state index in [0.29, 0.717) is 38.1 Å². The summed E-state index contributed by atoms with van der Waals surface area (Å²) in [4.78, 5) is 2.09. The van der Waals surface area contributed by atoms with Crippen molar-refractivity contribution in [2.45, 2.75) is 56.4 Å². The van der Waals surface area contributed by atoms with Crippen molar-refractivity contribution < 1.29 is 36.2 Å². The van der Waals surface area contributed by atoms with Crippen molar-refractivity contribution in [1.29, 1.82) is 0 Å². The predicted octanol–water partition coefficient (Wildman–Crippen LogP) is 7.18. The first kappa shape index (κ1) is 28.1. The summed E-state index contributed by atoms with van der Waals surface area (Å²) in [6.07, 6.45) is -8.93. The Morgan fingerprint density at radius 2 is 1.34 bits per heavy atom. The third kappa shape index (κ3) is 6.57. The van der Waals surface area contributed by atoms with Gasteiger partial charge in [-0.2, -0.15) is 26.3 Å². The summed E-state index contributed by atoms with van der Waals surface area (Å²) in [5.74, 6) is 0. The van der Waals surface area contributed by atoms with Crippen LogP contribution in [0.1, 0.15) is 47.6 Å². The van der Waals surface area contributed by atoms with E-state index in [1.54, 1.807) is 6.92 Å². The third-order valence-electron chi connectivity index (χ3n) is 7.00. The first-order chi connectivity index (χ1) is 17.8. The molecular formula is C29H29F6NO2. The Kier molecular flexibility index (Phi) is 7.93. The standard InChI is InChI=1S/C29H29F6NO2/c1-26(37)12-13-27(23-10-6-3-7-11-23,36(19-26)17-21-8-4-2-5-9-21)20-38-18-22-14-24(28(30,31)32)16-25(15-22)29(33,34)35/h2-11,14-16,37H,12-13,17-20H2,1H3/t26-,27-/m1/s1. The molecule has 38 heavy (non-hydrogen) atoms. The molecule has 0 unspecified atom stereocenters. The number of halogens is 6. The molecule has 2 atom stereocenters. The maximum absolute atomic E-state index is 13.3. The smallest absolute Gasteiger partial charge is 0.389 e. The van der Waals surface area contributed by atoms with Crippen LogP contribution < -0.4 is 0 Å². The number of likely N-dealkylation sites (tertiary alicyclic amines) is 1. The number of ether oxygens (including phenoxy) is 1. The summed E-state index contributed by atoms with van der Waals surface area (Å²) in [5, 5.41) is 10.9. The van der Waals surface area contributed by atoms with Crippen LogP contribution in [0.15, 0.2) is 78.9 Å². The quantitative estimate of drug-likeness (QED) is 0.324. The van der Waals surface area contributed by atoms with Crippen LogP contribution >= 0.6 is 0 Å². The van der Waals surface area contributed by atoms with E-state index >= 15 is 0 Å². The Hall–Kier alpha value is -2.88. The Morgan fingerprint density at radius 3 is 1.89 bits per heavy atom. The SMILES string of the molecule is C[C@@]1(O)CC[C@@](COCc2cc(C(F)(F)F)cc(C(F)(F)F)c2)(c2ccccc2)N(Cc2ccccc2)C1. The summed E-state index contributed by atoms with van der Waals surface area (Å²) in [5.41, 5.74) is -2.80. The number of piperidine rings is 1. The van der Waals surface area contributed by atoms with Crippen molar-refractivity contribution in [3.63, 3.8) is 0 Å². The maximum atomic E-state index is 13.3. The van der Waals surface area contributed by atoms with Crippen LogP contribution in [0, 0.1) is 0 Å². The van der Waals surface area contributed by atoms with Crippen LogP contribution in [0.25, 0.3) is 0 Å². The van der Waals surface area contributed by atoms with Gasteiger partial charge in [0.1, 0.15) is 0 Å². The molecule has 0 amide bonds. The lowest BCUT2D eigenvalue weighted by Crippen LogP contribution is -2.59. The van der Waals surface area contributed by atoms with Crippen LogP contribution in [0.3, 0.4) is 0 Å². The highest BCUT2D eigenvalue weighted by Crippen LogP contribution is 2.43. The molecule has 0 radical (unpaired) electrons. The number of benzene rings is 3. The number of aliphatic hydroxyl groups is 1. The molecule has 1 N–H and O–H groups in total. The lowest BCUT2D eigenvalue weighted by molar-refractivity contribution is -0.143. The van der Waals surface area contributed by atoms with E-state index in [0.717, 1.165) is 11.1 Å². The highest BCUT2D eigenvalue weighted by molar-refractivity contribution is 5.33. The van der Waals surface area contributed by atoms with Gasteiger partial charge in [0, 0.05) is 13.1 Å². The normalized spacial score (nSPS) is 22.9. The van der Waals surface area contributed by atoms with E-state index in [1.807, 2.05) is 60.7 Å². The van der Waals surface area contributed by atoms with E-state index in [-0.39, 0.29) is 18.2 Å². The van der Waals surface area contributed by atoms with Crippen molar-refractivity contribution in [1.82, 2.24) is 4.90 Å². The highest BCUT2D eigenvalue weighted by Gasteiger charge is 2.46. The largest absolute Gasteiger partial charge is 0.416 e. The fraction of sp³-hybridized carbons (Fsp3) is 0.379. The van der Waals surface area contributed by atoms with Crippen molar-refractivity contribution in [3.8, 4) is 0 Å². The van der Waals surface area contributed by atoms with Gasteiger partial charge in [0.2, 0.25) is 0 Å². The Bertz CT molecular complexity index is 1180. The highest BCUT2D eigenvalue weighted by atomic mass is 19.4. The Labute approximate surface area is 217 Å². The van der Waals surface area contributed by atoms with Gasteiger partial charge in [-0.15, -0.1) is 0 Å². The number of hydrogen-bond donors (Lipinski definition) is 1. The lowest BCUT2D eigenvalue weighted by Gasteiger charge is -2.52. The minimum atomic E-state index is -4.93. The lowest BCUT2D eigenvalue weighted by atomic mass is 9.76. The van der Waals surface area contributed by atoms with Gasteiger partial charge in [0.05, 0.1) is 35.5 Å². The number of hydrogen-bond acceptors (Lipinski definition) is 3. The molecule has 0 saturated carbocycles. The van der Waals surface area contributed by atoms with Crippen LogP contribution in [0.2, 0.25) is 0 Å². The third-order valence-corrected chi connectivity index (χ3v) is 7.00. The average molecular weight is 538 g/mol. The zero-order valence-corrected chi connectivity index (χ0v) is 20.8. The monoisotopic (exact) mass is 537 g/mol. The van der Waals surface area contributed by atoms with Crippen LogP contribution in [-0.4, -0.2) is 28.8 Å². The van der Waals surface area contributed by atoms with E-state index in [1.165, 1.54) is 0 Å². The fourth-order valence-electron chi connectivity index (χ4n) is 5.05. The molecule has 0 aromatic heterocycles. The Morgan fingerprint density at radius 1 is 0.789 bits per heavy atom. The van der Waals surface area contributed by atoms with Crippen molar-refractivity contribution in [2.24, 2.45) is 0 Å². The van der Waals surface area contributed by atoms with Crippen molar-refractivity contribution >= 4 is 0 Å². The van der Waals surface area contributed by atoms with Crippen LogP contribution in [0.5, 0.6) is 0 Å². The molecule has 1 heterocycles. The molecule has 3 aromatic carbocycles. The molecule has 1 aliphatic rings. The molecule has 0 aliphatic carbocycles. The van der Waals surface area contributed by atoms with Gasteiger partial charge >= 0.3 is 12.4 Å². The fourth-order valence-corrected chi connectivity index (χ4v) is 5.05. The van der Waals surface area contributed by atoms with Crippen molar-refractivity contribution in [2.75, 3.05) is 13.2 Å². The van der Waals surface area contributed by atoms with E-state index in [4.69, 9.17) is 4.74 Å². The van der Waals surface area contributed by atoms with Gasteiger partial charge in [0.25, 0.3) is 0 Å². The van der Waals surface area contributed by atoms with Crippen LogP contribution in [-0.2, 0) is 35.8 Å². The van der Waals surface area contributed by atoms with Gasteiger partial charge in [0.15, 0.2) is 0 Å². The van der Waals surface area contributed by atoms with Gasteiger partial charge < -0.3 is 9.84 Å². The molecule has 204 valence electrons. The average Bonchev–Trinajstić information content (AvgIpc) is 2.85. The molecule has 3 aromatic rings. The maximum Gasteiger partial charge on any atom is 0.416 e. The first-order valence-electron chi connectivity index (χ1n) is 12.2. The number of nitrogens with zero attached hydrogens (tertiary/aromatic N) is 1. The zero-order chi connectivity index (χ0) is 27.6. The van der Waals surface area contributed by atoms with Gasteiger partial charge in [-0.3, -0.25) is 4.90 Å². The summed E-state index contributed by atoms with van der Waals surface area (Å²) < 4.78 is 85.9. The molecule has 1 fully saturated rings. The number of alkyl halides is 6. The van der Waals surface area contributed by atoms with Gasteiger partial charge in [-0.1, -0.05) is 60.7 Å². The predicted molar refractivity (Wildman–Crippen MR) is 131 cm³/mol. The Balaban J connectivity index is 1.66. The second-order valence-electron chi connectivity index (χ2n) is 10.1. The molecule has 1 saturated heterocycles. The number of β-amino-alcohol motifs (C(OH)–C–C–N with tert-alkyl or cyclic N) is 1. The zero-order valence-electron chi connectivity index (χ0n) is 20.8. The van der Waals surface area contributed by atoms with Crippen molar-refractivity contribution in [3.05, 3.63) is 107 Å². The summed E-state index contributed by atoms with van der Waals surface area (Å²) in [6.45, 7) is 2.11. The second kappa shape index (κ2) is 10.7. The molecule has 3 nitrogen and oxygen atoms in total. The second-order valence-corrected chi connectivity index (χ2v) is 10.1. The molecule has 9 heteroatoms. The van der Waals surface area contributed by atoms with E-state index in [9.17, 15) is 31.4 Å². The molecular weight excluding hydrogens is 508 g/mol. The molecule has 4 rings (SSSR count). The first-order valence-corrected chi connectivity index (χ1v) is 12.2. The van der Waals surface area contributed by atoms with E-state index < -0.39 is 41.2 Å². The summed E-state index contributed by atoms with van der Waals surface area (Å²) in [7, 11) is 0. The van der Waals surface area contributed by atoms with Gasteiger partial charge in [-0.25, -0.2) is 0 Å². The molecule has 0 bridgehead atoms. The molecule has 1 aliphatic heterocycles. The number of rotatable bonds is 7.